The molecular weight excluding hydrogens is 336 g/mol. The van der Waals surface area contributed by atoms with Gasteiger partial charge in [-0.05, 0) is 24.1 Å². The molecule has 0 N–H and O–H groups in total. The summed E-state index contributed by atoms with van der Waals surface area (Å²) in [6.07, 6.45) is 1.43. The van der Waals surface area contributed by atoms with Crippen LogP contribution in [0.1, 0.15) is 12.0 Å². The van der Waals surface area contributed by atoms with E-state index in [4.69, 9.17) is 9.47 Å². The second kappa shape index (κ2) is 5.63. The van der Waals surface area contributed by atoms with Crippen molar-refractivity contribution >= 4 is 31.9 Å². The number of hydrogen-bond acceptors (Lipinski definition) is 2. The lowest BCUT2D eigenvalue weighted by molar-refractivity contribution is -0.113. The van der Waals surface area contributed by atoms with E-state index in [0.717, 1.165) is 10.9 Å². The molecule has 1 aromatic carbocycles. The maximum atomic E-state index is 5.81. The fourth-order valence-electron chi connectivity index (χ4n) is 1.77. The second-order valence-electron chi connectivity index (χ2n) is 3.93. The normalized spacial score (nSPS) is 28.8. The van der Waals surface area contributed by atoms with Crippen molar-refractivity contribution < 1.29 is 9.47 Å². The molecule has 0 aromatic heterocycles. The minimum atomic E-state index is 0.190. The highest BCUT2D eigenvalue weighted by Gasteiger charge is 2.40. The van der Waals surface area contributed by atoms with E-state index in [1.54, 1.807) is 7.11 Å². The van der Waals surface area contributed by atoms with Gasteiger partial charge in [-0.2, -0.15) is 0 Å². The predicted octanol–water partition coefficient (Wildman–Crippen LogP) is 3.52. The van der Waals surface area contributed by atoms with Gasteiger partial charge in [-0.15, -0.1) is 0 Å². The van der Waals surface area contributed by atoms with Gasteiger partial charge in [0.15, 0.2) is 0 Å². The van der Waals surface area contributed by atoms with Gasteiger partial charge in [0.1, 0.15) is 0 Å². The fourth-order valence-corrected chi connectivity index (χ4v) is 2.96. The highest BCUT2D eigenvalue weighted by Crippen LogP contribution is 2.33. The van der Waals surface area contributed by atoms with Crippen LogP contribution >= 0.6 is 31.9 Å². The average Bonchev–Trinajstić information content (AvgIpc) is 2.26. The number of benzene rings is 1. The van der Waals surface area contributed by atoms with Crippen LogP contribution in [0.5, 0.6) is 0 Å². The number of halogens is 2. The number of alkyl halides is 1. The Morgan fingerprint density at radius 2 is 2.00 bits per heavy atom. The maximum absolute atomic E-state index is 5.81. The van der Waals surface area contributed by atoms with Crippen molar-refractivity contribution in [1.82, 2.24) is 0 Å². The molecule has 2 nitrogen and oxygen atoms in total. The maximum Gasteiger partial charge on any atom is 0.0958 e. The monoisotopic (exact) mass is 348 g/mol. The molecule has 3 atom stereocenters. The van der Waals surface area contributed by atoms with Gasteiger partial charge in [0.05, 0.1) is 18.8 Å². The van der Waals surface area contributed by atoms with Crippen LogP contribution in [0.2, 0.25) is 0 Å². The molecule has 0 saturated heterocycles. The fraction of sp³-hybridized carbons (Fsp3) is 0.500. The largest absolute Gasteiger partial charge is 0.378 e. The Balaban J connectivity index is 1.82. The van der Waals surface area contributed by atoms with E-state index >= 15 is 0 Å². The van der Waals surface area contributed by atoms with E-state index < -0.39 is 0 Å². The molecule has 0 spiro atoms. The highest BCUT2D eigenvalue weighted by atomic mass is 79.9. The second-order valence-corrected chi connectivity index (χ2v) is 6.02. The molecular formula is C12H14Br2O2. The quantitative estimate of drug-likeness (QED) is 0.774. The molecule has 1 aliphatic rings. The summed E-state index contributed by atoms with van der Waals surface area (Å²) >= 11 is 6.96. The molecule has 2 rings (SSSR count). The Hall–Kier alpha value is 0.100. The molecule has 1 aromatic rings. The average molecular weight is 350 g/mol. The zero-order chi connectivity index (χ0) is 11.5. The third kappa shape index (κ3) is 2.86. The van der Waals surface area contributed by atoms with Gasteiger partial charge in [0.25, 0.3) is 0 Å². The summed E-state index contributed by atoms with van der Waals surface area (Å²) in [5, 5.41) is 0. The Labute approximate surface area is 113 Å². The van der Waals surface area contributed by atoms with Gasteiger partial charge in [-0.3, -0.25) is 0 Å². The standard InChI is InChI=1S/C12H14Br2O2/c1-15-12-10(14)6-11(12)16-7-8-2-4-9(13)5-3-8/h2-5,10-12H,6-7H2,1H3. The first-order chi connectivity index (χ1) is 7.70. The van der Waals surface area contributed by atoms with Crippen molar-refractivity contribution in [3.05, 3.63) is 34.3 Å². The van der Waals surface area contributed by atoms with Crippen LogP contribution in [0.15, 0.2) is 28.7 Å². The van der Waals surface area contributed by atoms with Gasteiger partial charge in [0.2, 0.25) is 0 Å². The van der Waals surface area contributed by atoms with Crippen LogP contribution in [0, 0.1) is 0 Å². The van der Waals surface area contributed by atoms with Gasteiger partial charge < -0.3 is 9.47 Å². The van der Waals surface area contributed by atoms with Crippen molar-refractivity contribution in [1.29, 1.82) is 0 Å². The van der Waals surface area contributed by atoms with Crippen LogP contribution in [0.3, 0.4) is 0 Å². The highest BCUT2D eigenvalue weighted by molar-refractivity contribution is 9.10. The van der Waals surface area contributed by atoms with Crippen molar-refractivity contribution in [3.8, 4) is 0 Å². The van der Waals surface area contributed by atoms with Crippen LogP contribution in [-0.2, 0) is 16.1 Å². The molecule has 0 bridgehead atoms. The number of hydrogen-bond donors (Lipinski definition) is 0. The van der Waals surface area contributed by atoms with Crippen LogP contribution < -0.4 is 0 Å². The zero-order valence-corrected chi connectivity index (χ0v) is 12.2. The molecule has 16 heavy (non-hydrogen) atoms. The lowest BCUT2D eigenvalue weighted by atomic mass is 9.91. The Bertz CT molecular complexity index is 339. The molecule has 1 aliphatic carbocycles. The molecule has 4 heteroatoms. The summed E-state index contributed by atoms with van der Waals surface area (Å²) in [7, 11) is 1.73. The minimum absolute atomic E-state index is 0.190. The Morgan fingerprint density at radius 3 is 2.56 bits per heavy atom. The Kier molecular flexibility index (Phi) is 4.41. The first-order valence-corrected chi connectivity index (χ1v) is 6.94. The smallest absolute Gasteiger partial charge is 0.0958 e. The summed E-state index contributed by atoms with van der Waals surface area (Å²) in [6.45, 7) is 0.650. The lowest BCUT2D eigenvalue weighted by Gasteiger charge is -2.40. The summed E-state index contributed by atoms with van der Waals surface area (Å²) in [6, 6.07) is 8.19. The minimum Gasteiger partial charge on any atom is -0.378 e. The number of ether oxygens (including phenoxy) is 2. The lowest BCUT2D eigenvalue weighted by Crippen LogP contribution is -2.50. The molecule has 0 amide bonds. The predicted molar refractivity (Wildman–Crippen MR) is 70.8 cm³/mol. The van der Waals surface area contributed by atoms with E-state index in [1.165, 1.54) is 5.56 Å². The molecule has 0 radical (unpaired) electrons. The summed E-state index contributed by atoms with van der Waals surface area (Å²) in [5.41, 5.74) is 1.19. The van der Waals surface area contributed by atoms with Crippen molar-refractivity contribution in [2.24, 2.45) is 0 Å². The van der Waals surface area contributed by atoms with E-state index in [2.05, 4.69) is 44.0 Å². The molecule has 0 heterocycles. The van der Waals surface area contributed by atoms with Crippen LogP contribution in [0.25, 0.3) is 0 Å². The van der Waals surface area contributed by atoms with Gasteiger partial charge in [-0.1, -0.05) is 44.0 Å². The van der Waals surface area contributed by atoms with Crippen LogP contribution in [0.4, 0.5) is 0 Å². The van der Waals surface area contributed by atoms with E-state index in [1.807, 2.05) is 12.1 Å². The van der Waals surface area contributed by atoms with E-state index in [9.17, 15) is 0 Å². The van der Waals surface area contributed by atoms with Crippen molar-refractivity contribution in [3.63, 3.8) is 0 Å². The third-order valence-corrected chi connectivity index (χ3v) is 4.25. The zero-order valence-electron chi connectivity index (χ0n) is 9.03. The SMILES string of the molecule is COC1C(Br)CC1OCc1ccc(Br)cc1. The summed E-state index contributed by atoms with van der Waals surface area (Å²) in [4.78, 5) is 0.437. The molecule has 1 fully saturated rings. The van der Waals surface area contributed by atoms with Crippen LogP contribution in [-0.4, -0.2) is 24.1 Å². The first kappa shape index (κ1) is 12.6. The molecule has 88 valence electrons. The first-order valence-electron chi connectivity index (χ1n) is 5.23. The van der Waals surface area contributed by atoms with Gasteiger partial charge >= 0.3 is 0 Å². The van der Waals surface area contributed by atoms with Crippen molar-refractivity contribution in [2.75, 3.05) is 7.11 Å². The third-order valence-electron chi connectivity index (χ3n) is 2.83. The van der Waals surface area contributed by atoms with E-state index in [0.29, 0.717) is 11.4 Å². The molecule has 3 unspecified atom stereocenters. The molecule has 1 saturated carbocycles. The Morgan fingerprint density at radius 1 is 1.31 bits per heavy atom. The number of methoxy groups -OCH3 is 1. The number of rotatable bonds is 4. The topological polar surface area (TPSA) is 18.5 Å². The van der Waals surface area contributed by atoms with Crippen molar-refractivity contribution in [2.45, 2.75) is 30.1 Å². The van der Waals surface area contributed by atoms with E-state index in [-0.39, 0.29) is 12.2 Å². The summed E-state index contributed by atoms with van der Waals surface area (Å²) in [5.74, 6) is 0. The van der Waals surface area contributed by atoms with Gasteiger partial charge in [-0.25, -0.2) is 0 Å². The molecule has 0 aliphatic heterocycles. The summed E-state index contributed by atoms with van der Waals surface area (Å²) < 4.78 is 12.2. The van der Waals surface area contributed by atoms with Gasteiger partial charge in [0, 0.05) is 16.4 Å².